The first-order valence-electron chi connectivity index (χ1n) is 14.5. The molecule has 6 atom stereocenters. The third-order valence-electron chi connectivity index (χ3n) is 10.5. The minimum atomic E-state index is -0.634. The van der Waals surface area contributed by atoms with Gasteiger partial charge < -0.3 is 15.3 Å². The number of rotatable bonds is 6. The first-order chi connectivity index (χ1) is 17.6. The van der Waals surface area contributed by atoms with Crippen molar-refractivity contribution >= 4 is 0 Å². The number of fused-ring (bicyclic) bond motifs is 1. The molecule has 1 aromatic rings. The molecule has 4 aliphatic carbocycles. The second-order valence-corrected chi connectivity index (χ2v) is 12.8. The average Bonchev–Trinajstić information content (AvgIpc) is 3.60. The summed E-state index contributed by atoms with van der Waals surface area (Å²) in [6.45, 7) is 11.0. The highest BCUT2D eigenvalue weighted by atomic mass is 16.3. The van der Waals surface area contributed by atoms with E-state index >= 15 is 0 Å². The van der Waals surface area contributed by atoms with E-state index in [-0.39, 0.29) is 16.9 Å². The molecule has 0 bridgehead atoms. The van der Waals surface area contributed by atoms with Crippen molar-refractivity contribution in [3.63, 3.8) is 0 Å². The highest BCUT2D eigenvalue weighted by molar-refractivity contribution is 5.39. The molecule has 4 aliphatic rings. The second-order valence-electron chi connectivity index (χ2n) is 12.8. The van der Waals surface area contributed by atoms with Crippen molar-refractivity contribution in [3.05, 3.63) is 82.5 Å². The number of aliphatic hydroxyl groups excluding tert-OH is 3. The molecular weight excluding hydrogens is 456 g/mol. The van der Waals surface area contributed by atoms with Crippen LogP contribution in [0.2, 0.25) is 0 Å². The molecule has 200 valence electrons. The number of aliphatic hydroxyl groups is 3. The Labute approximate surface area is 223 Å². The highest BCUT2D eigenvalue weighted by Crippen LogP contribution is 2.59. The lowest BCUT2D eigenvalue weighted by molar-refractivity contribution is 0.0862. The van der Waals surface area contributed by atoms with Gasteiger partial charge in [-0.2, -0.15) is 0 Å². The van der Waals surface area contributed by atoms with Crippen LogP contribution in [0.4, 0.5) is 0 Å². The van der Waals surface area contributed by atoms with Crippen LogP contribution in [0.1, 0.15) is 89.2 Å². The van der Waals surface area contributed by atoms with Crippen LogP contribution in [0, 0.1) is 24.2 Å². The van der Waals surface area contributed by atoms with E-state index in [2.05, 4.69) is 69.8 Å². The zero-order valence-corrected chi connectivity index (χ0v) is 23.0. The first-order valence-corrected chi connectivity index (χ1v) is 14.5. The topological polar surface area (TPSA) is 60.7 Å². The quantitative estimate of drug-likeness (QED) is 0.372. The van der Waals surface area contributed by atoms with Gasteiger partial charge in [-0.25, -0.2) is 0 Å². The smallest absolute Gasteiger partial charge is 0.0811 e. The summed E-state index contributed by atoms with van der Waals surface area (Å²) in [6.07, 6.45) is 15.2. The van der Waals surface area contributed by atoms with Gasteiger partial charge in [0.15, 0.2) is 0 Å². The number of aryl methyl sites for hydroxylation is 1. The molecule has 0 saturated heterocycles. The zero-order valence-electron chi connectivity index (χ0n) is 23.0. The van der Waals surface area contributed by atoms with Crippen LogP contribution < -0.4 is 0 Å². The fourth-order valence-electron chi connectivity index (χ4n) is 7.95. The Balaban J connectivity index is 1.29. The van der Waals surface area contributed by atoms with Crippen molar-refractivity contribution in [2.45, 2.75) is 109 Å². The number of allylic oxidation sites excluding steroid dienone is 4. The van der Waals surface area contributed by atoms with Crippen LogP contribution in [-0.4, -0.2) is 33.6 Å². The fourth-order valence-corrected chi connectivity index (χ4v) is 7.95. The lowest BCUT2D eigenvalue weighted by Crippen LogP contribution is -2.34. The van der Waals surface area contributed by atoms with E-state index in [1.807, 2.05) is 0 Å². The monoisotopic (exact) mass is 502 g/mol. The van der Waals surface area contributed by atoms with Crippen molar-refractivity contribution < 1.29 is 15.3 Å². The van der Waals surface area contributed by atoms with Crippen LogP contribution in [-0.2, 0) is 5.41 Å². The number of hydrogen-bond acceptors (Lipinski definition) is 3. The maximum absolute atomic E-state index is 11.2. The molecule has 3 heteroatoms. The third kappa shape index (κ3) is 5.07. The summed E-state index contributed by atoms with van der Waals surface area (Å²) in [7, 11) is 0. The van der Waals surface area contributed by atoms with Gasteiger partial charge in [-0.15, -0.1) is 0 Å². The summed E-state index contributed by atoms with van der Waals surface area (Å²) < 4.78 is 0. The minimum absolute atomic E-state index is 0.0505. The van der Waals surface area contributed by atoms with Gasteiger partial charge in [-0.3, -0.25) is 0 Å². The Bertz CT molecular complexity index is 1100. The molecule has 0 spiro atoms. The lowest BCUT2D eigenvalue weighted by atomic mass is 9.62. The van der Waals surface area contributed by atoms with E-state index in [1.54, 1.807) is 0 Å². The summed E-state index contributed by atoms with van der Waals surface area (Å²) in [5, 5.41) is 31.6. The first kappa shape index (κ1) is 26.7. The van der Waals surface area contributed by atoms with Crippen molar-refractivity contribution in [2.75, 3.05) is 0 Å². The molecule has 0 unspecified atom stereocenters. The minimum Gasteiger partial charge on any atom is -0.393 e. The standard InChI is InChI=1S/C34H46O3/c1-22-7-12-27(13-8-22)34(18-19-34)32(37)16-9-23(2)29-14-15-30-25(6-5-17-33(29,30)4)10-11-26-20-28(35)21-31(36)24(26)3/h7-13,28-32,35-37H,3,5-6,14-21H2,1-2,4H3/b23-9?,25-10+,26-11-/t28-,29-,30+,31+,32-,33-/m1/s1. The van der Waals surface area contributed by atoms with E-state index in [0.29, 0.717) is 24.7 Å². The lowest BCUT2D eigenvalue weighted by Gasteiger charge is -2.43. The molecule has 0 aliphatic heterocycles. The van der Waals surface area contributed by atoms with Gasteiger partial charge in [0.1, 0.15) is 0 Å². The van der Waals surface area contributed by atoms with E-state index in [9.17, 15) is 15.3 Å². The summed E-state index contributed by atoms with van der Waals surface area (Å²) in [5.74, 6) is 1.13. The molecule has 0 aromatic heterocycles. The largest absolute Gasteiger partial charge is 0.393 e. The Hall–Kier alpha value is -1.94. The normalized spacial score (nSPS) is 36.6. The average molecular weight is 503 g/mol. The molecule has 5 rings (SSSR count). The van der Waals surface area contributed by atoms with Crippen LogP contribution in [0.3, 0.4) is 0 Å². The van der Waals surface area contributed by atoms with Gasteiger partial charge in [0, 0.05) is 11.8 Å². The van der Waals surface area contributed by atoms with Gasteiger partial charge in [-0.1, -0.05) is 72.7 Å². The Morgan fingerprint density at radius 1 is 1.11 bits per heavy atom. The Morgan fingerprint density at radius 2 is 1.84 bits per heavy atom. The predicted molar refractivity (Wildman–Crippen MR) is 151 cm³/mol. The van der Waals surface area contributed by atoms with E-state index < -0.39 is 12.2 Å². The van der Waals surface area contributed by atoms with Crippen LogP contribution in [0.25, 0.3) is 0 Å². The molecule has 4 saturated carbocycles. The molecule has 4 fully saturated rings. The maximum atomic E-state index is 11.2. The number of hydrogen-bond donors (Lipinski definition) is 3. The molecule has 0 radical (unpaired) electrons. The van der Waals surface area contributed by atoms with Gasteiger partial charge >= 0.3 is 0 Å². The zero-order chi connectivity index (χ0) is 26.4. The molecule has 3 N–H and O–H groups in total. The van der Waals surface area contributed by atoms with E-state index in [1.165, 1.54) is 48.0 Å². The predicted octanol–water partition coefficient (Wildman–Crippen LogP) is 6.86. The van der Waals surface area contributed by atoms with Gasteiger partial charge in [0.05, 0.1) is 18.3 Å². The van der Waals surface area contributed by atoms with Gasteiger partial charge in [0.25, 0.3) is 0 Å². The molecular formula is C34H46O3. The molecule has 37 heavy (non-hydrogen) atoms. The molecule has 0 amide bonds. The molecule has 0 heterocycles. The van der Waals surface area contributed by atoms with Gasteiger partial charge in [0.2, 0.25) is 0 Å². The summed E-state index contributed by atoms with van der Waals surface area (Å²) in [6, 6.07) is 8.75. The van der Waals surface area contributed by atoms with Gasteiger partial charge in [-0.05, 0) is 106 Å². The van der Waals surface area contributed by atoms with E-state index in [0.717, 1.165) is 36.8 Å². The molecule has 1 aromatic carbocycles. The third-order valence-corrected chi connectivity index (χ3v) is 10.5. The second kappa shape index (κ2) is 10.3. The van der Waals surface area contributed by atoms with Crippen molar-refractivity contribution in [1.82, 2.24) is 0 Å². The van der Waals surface area contributed by atoms with Crippen LogP contribution in [0.5, 0.6) is 0 Å². The summed E-state index contributed by atoms with van der Waals surface area (Å²) in [5.41, 5.74) is 7.50. The SMILES string of the molecule is C=C1/C(=C\C=C2/CCC[C@]3(C)[C@@H](C(C)=CC[C@@H](O)C4(c5ccc(C)cc5)CC4)CC[C@@H]23)C[C@@H](O)C[C@@H]1O. The number of benzene rings is 1. The summed E-state index contributed by atoms with van der Waals surface area (Å²) >= 11 is 0. The maximum Gasteiger partial charge on any atom is 0.0811 e. The molecule has 3 nitrogen and oxygen atoms in total. The van der Waals surface area contributed by atoms with Crippen molar-refractivity contribution in [2.24, 2.45) is 17.3 Å². The van der Waals surface area contributed by atoms with E-state index in [4.69, 9.17) is 0 Å². The van der Waals surface area contributed by atoms with Crippen LogP contribution >= 0.6 is 0 Å². The Morgan fingerprint density at radius 3 is 2.54 bits per heavy atom. The highest BCUT2D eigenvalue weighted by Gasteiger charge is 2.51. The summed E-state index contributed by atoms with van der Waals surface area (Å²) in [4.78, 5) is 0. The van der Waals surface area contributed by atoms with Crippen LogP contribution in [0.15, 0.2) is 71.4 Å². The van der Waals surface area contributed by atoms with Crippen molar-refractivity contribution in [3.8, 4) is 0 Å². The fraction of sp³-hybridized carbons (Fsp3) is 0.588. The Kier molecular flexibility index (Phi) is 7.44. The van der Waals surface area contributed by atoms with Crippen molar-refractivity contribution in [1.29, 1.82) is 0 Å².